The van der Waals surface area contributed by atoms with Crippen LogP contribution in [0.3, 0.4) is 0 Å². The van der Waals surface area contributed by atoms with Crippen LogP contribution in [0.4, 0.5) is 5.69 Å². The lowest BCUT2D eigenvalue weighted by Gasteiger charge is -2.37. The van der Waals surface area contributed by atoms with Crippen LogP contribution in [0.25, 0.3) is 6.08 Å². The van der Waals surface area contributed by atoms with Gasteiger partial charge in [-0.05, 0) is 23.8 Å². The number of hydrogen-bond donors (Lipinski definition) is 0. The van der Waals surface area contributed by atoms with Crippen molar-refractivity contribution in [1.29, 1.82) is 0 Å². The number of Topliss-reactive ketones (excluding diaryl/α,β-unsaturated/α-hetero) is 3. The SMILES string of the molecule is COc1cccc([C@@H]2[C@H](C(=O)c3ccccc3)N3c4c(cccc4OC(C)=O)C=C[C@@H]3C23C(=O)c2ccccc2C3=O)c1. The number of methoxy groups -OCH3 is 1. The molecule has 4 aromatic carbocycles. The third-order valence-electron chi connectivity index (χ3n) is 8.82. The Labute approximate surface area is 248 Å². The lowest BCUT2D eigenvalue weighted by atomic mass is 9.64. The number of nitrogens with zero attached hydrogens (tertiary/aromatic N) is 1. The van der Waals surface area contributed by atoms with Crippen molar-refractivity contribution in [3.05, 3.63) is 131 Å². The molecule has 0 amide bonds. The molecule has 1 spiro atoms. The minimum Gasteiger partial charge on any atom is -0.497 e. The lowest BCUT2D eigenvalue weighted by Crippen LogP contribution is -2.48. The molecule has 43 heavy (non-hydrogen) atoms. The summed E-state index contributed by atoms with van der Waals surface area (Å²) in [5, 5.41) is 0. The standard InChI is InChI=1S/C36H27NO6/c1-21(38)43-28-17-9-12-22-18-19-29-36(34(40)26-15-6-7-16-27(26)35(36)41)30(24-13-8-14-25(20-24)42-2)32(37(29)31(22)28)33(39)23-10-4-3-5-11-23/h3-20,29-30,32H,1-2H3/t29-,30-,32-/m1/s1. The van der Waals surface area contributed by atoms with Crippen LogP contribution in [0.2, 0.25) is 0 Å². The zero-order valence-corrected chi connectivity index (χ0v) is 23.5. The second-order valence-electron chi connectivity index (χ2n) is 11.0. The summed E-state index contributed by atoms with van der Waals surface area (Å²) in [7, 11) is 1.55. The van der Waals surface area contributed by atoms with Gasteiger partial charge >= 0.3 is 5.97 Å². The number of hydrogen-bond acceptors (Lipinski definition) is 7. The van der Waals surface area contributed by atoms with E-state index in [1.807, 2.05) is 35.3 Å². The average Bonchev–Trinajstić information content (AvgIpc) is 3.47. The van der Waals surface area contributed by atoms with E-state index in [2.05, 4.69) is 0 Å². The second-order valence-corrected chi connectivity index (χ2v) is 11.0. The summed E-state index contributed by atoms with van der Waals surface area (Å²) < 4.78 is 11.2. The van der Waals surface area contributed by atoms with Crippen molar-refractivity contribution in [3.63, 3.8) is 0 Å². The van der Waals surface area contributed by atoms with Gasteiger partial charge in [-0.2, -0.15) is 0 Å². The van der Waals surface area contributed by atoms with Gasteiger partial charge in [0.25, 0.3) is 0 Å². The molecule has 7 nitrogen and oxygen atoms in total. The summed E-state index contributed by atoms with van der Waals surface area (Å²) in [6.07, 6.45) is 3.68. The topological polar surface area (TPSA) is 90.0 Å². The fourth-order valence-electron chi connectivity index (χ4n) is 7.20. The van der Waals surface area contributed by atoms with Crippen LogP contribution in [0.1, 0.15) is 55.0 Å². The summed E-state index contributed by atoms with van der Waals surface area (Å²) >= 11 is 0. The molecule has 1 fully saturated rings. The molecule has 3 aliphatic rings. The van der Waals surface area contributed by atoms with Crippen LogP contribution >= 0.6 is 0 Å². The molecule has 2 heterocycles. The fourth-order valence-corrected chi connectivity index (χ4v) is 7.20. The van der Waals surface area contributed by atoms with Crippen molar-refractivity contribution < 1.29 is 28.7 Å². The molecular weight excluding hydrogens is 542 g/mol. The van der Waals surface area contributed by atoms with Gasteiger partial charge in [0.1, 0.15) is 17.2 Å². The molecule has 1 saturated heterocycles. The number of rotatable bonds is 5. The van der Waals surface area contributed by atoms with Gasteiger partial charge in [0.05, 0.1) is 18.8 Å². The third kappa shape index (κ3) is 3.74. The molecule has 0 radical (unpaired) electrons. The van der Waals surface area contributed by atoms with Gasteiger partial charge < -0.3 is 14.4 Å². The smallest absolute Gasteiger partial charge is 0.308 e. The largest absolute Gasteiger partial charge is 0.497 e. The zero-order chi connectivity index (χ0) is 29.9. The van der Waals surface area contributed by atoms with E-state index >= 15 is 0 Å². The molecule has 4 aromatic rings. The first-order valence-electron chi connectivity index (χ1n) is 14.1. The Morgan fingerprint density at radius 2 is 1.49 bits per heavy atom. The van der Waals surface area contributed by atoms with Crippen molar-refractivity contribution in [2.75, 3.05) is 12.0 Å². The monoisotopic (exact) mass is 569 g/mol. The number of ether oxygens (including phenoxy) is 2. The lowest BCUT2D eigenvalue weighted by molar-refractivity contribution is -0.131. The van der Waals surface area contributed by atoms with Gasteiger partial charge in [0.15, 0.2) is 23.1 Å². The summed E-state index contributed by atoms with van der Waals surface area (Å²) in [5.74, 6) is -1.57. The van der Waals surface area contributed by atoms with Crippen LogP contribution in [0.5, 0.6) is 11.5 Å². The zero-order valence-electron chi connectivity index (χ0n) is 23.5. The fraction of sp³-hybridized carbons (Fsp3) is 0.167. The van der Waals surface area contributed by atoms with Crippen molar-refractivity contribution in [1.82, 2.24) is 0 Å². The van der Waals surface area contributed by atoms with Crippen molar-refractivity contribution >= 4 is 35.1 Å². The minimum atomic E-state index is -1.68. The Morgan fingerprint density at radius 1 is 0.814 bits per heavy atom. The van der Waals surface area contributed by atoms with Gasteiger partial charge in [-0.1, -0.05) is 91.0 Å². The summed E-state index contributed by atoms with van der Waals surface area (Å²) in [6, 6.07) is 26.3. The van der Waals surface area contributed by atoms with Gasteiger partial charge in [0, 0.05) is 35.1 Å². The maximum atomic E-state index is 14.8. The Balaban J connectivity index is 1.57. The third-order valence-corrected chi connectivity index (χ3v) is 8.82. The molecule has 7 heteroatoms. The molecular formula is C36H27NO6. The number of carbonyl (C=O) groups excluding carboxylic acids is 4. The predicted molar refractivity (Wildman–Crippen MR) is 161 cm³/mol. The first kappa shape index (κ1) is 26.6. The number of para-hydroxylation sites is 1. The highest BCUT2D eigenvalue weighted by molar-refractivity contribution is 6.32. The Morgan fingerprint density at radius 3 is 2.16 bits per heavy atom. The first-order chi connectivity index (χ1) is 20.9. The van der Waals surface area contributed by atoms with E-state index in [9.17, 15) is 19.2 Å². The highest BCUT2D eigenvalue weighted by Crippen LogP contribution is 2.62. The highest BCUT2D eigenvalue weighted by atomic mass is 16.5. The maximum absolute atomic E-state index is 14.8. The molecule has 7 rings (SSSR count). The minimum absolute atomic E-state index is 0.252. The number of anilines is 1. The van der Waals surface area contributed by atoms with Gasteiger partial charge in [-0.15, -0.1) is 0 Å². The molecule has 212 valence electrons. The second kappa shape index (κ2) is 9.91. The van der Waals surface area contributed by atoms with Crippen LogP contribution in [-0.2, 0) is 4.79 Å². The molecule has 1 aliphatic carbocycles. The normalized spacial score (nSPS) is 20.9. The molecule has 0 N–H and O–H groups in total. The molecule has 2 aliphatic heterocycles. The van der Waals surface area contributed by atoms with Crippen LogP contribution < -0.4 is 14.4 Å². The van der Waals surface area contributed by atoms with Crippen molar-refractivity contribution in [2.45, 2.75) is 24.9 Å². The molecule has 3 atom stereocenters. The van der Waals surface area contributed by atoms with E-state index in [0.717, 1.165) is 0 Å². The van der Waals surface area contributed by atoms with Gasteiger partial charge in [0.2, 0.25) is 0 Å². The van der Waals surface area contributed by atoms with E-state index < -0.39 is 29.4 Å². The van der Waals surface area contributed by atoms with E-state index in [4.69, 9.17) is 9.47 Å². The number of benzene rings is 4. The Kier molecular flexibility index (Phi) is 6.13. The number of ketones is 3. The highest BCUT2D eigenvalue weighted by Gasteiger charge is 2.71. The van der Waals surface area contributed by atoms with Gasteiger partial charge in [-0.3, -0.25) is 19.2 Å². The van der Waals surface area contributed by atoms with Crippen LogP contribution in [0, 0.1) is 5.41 Å². The first-order valence-corrected chi connectivity index (χ1v) is 14.1. The number of esters is 1. The molecule has 0 unspecified atom stereocenters. The molecule has 0 aromatic heterocycles. The predicted octanol–water partition coefficient (Wildman–Crippen LogP) is 5.94. The summed E-state index contributed by atoms with van der Waals surface area (Å²) in [4.78, 5) is 58.5. The van der Waals surface area contributed by atoms with E-state index in [1.54, 1.807) is 86.0 Å². The average molecular weight is 570 g/mol. The van der Waals surface area contributed by atoms with Crippen LogP contribution in [-0.4, -0.2) is 42.5 Å². The van der Waals surface area contributed by atoms with Crippen molar-refractivity contribution in [2.24, 2.45) is 5.41 Å². The van der Waals surface area contributed by atoms with Crippen LogP contribution in [0.15, 0.2) is 103 Å². The number of fused-ring (bicyclic) bond motifs is 5. The van der Waals surface area contributed by atoms with E-state index in [-0.39, 0.29) is 23.1 Å². The van der Waals surface area contributed by atoms with E-state index in [0.29, 0.717) is 39.3 Å². The van der Waals surface area contributed by atoms with Gasteiger partial charge in [-0.25, -0.2) is 0 Å². The summed E-state index contributed by atoms with van der Waals surface area (Å²) in [6.45, 7) is 1.31. The maximum Gasteiger partial charge on any atom is 0.308 e. The Bertz CT molecular complexity index is 1820. The molecule has 0 bridgehead atoms. The van der Waals surface area contributed by atoms with Crippen molar-refractivity contribution in [3.8, 4) is 11.5 Å². The number of carbonyl (C=O) groups is 4. The quantitative estimate of drug-likeness (QED) is 0.127. The Hall–Kier alpha value is -5.30. The molecule has 0 saturated carbocycles. The summed E-state index contributed by atoms with van der Waals surface area (Å²) in [5.41, 5.74) is 1.24. The van der Waals surface area contributed by atoms with E-state index in [1.165, 1.54) is 6.92 Å².